The summed E-state index contributed by atoms with van der Waals surface area (Å²) in [6.07, 6.45) is 4.65. The fraction of sp³-hybridized carbons (Fsp3) is 0.385. The minimum atomic E-state index is -0.783. The highest BCUT2D eigenvalue weighted by atomic mass is 16.5. The molecule has 1 aliphatic carbocycles. The summed E-state index contributed by atoms with van der Waals surface area (Å²) in [6.45, 7) is -0.562. The largest absolute Gasteiger partial charge is 0.493 e. The van der Waals surface area contributed by atoms with E-state index in [1.54, 1.807) is 12.1 Å². The molecule has 10 nitrogen and oxygen atoms in total. The van der Waals surface area contributed by atoms with Gasteiger partial charge in [-0.1, -0.05) is 19.3 Å². The molecule has 0 radical (unpaired) electrons. The first-order valence-electron chi connectivity index (χ1n) is 11.7. The Bertz CT molecular complexity index is 1180. The highest BCUT2D eigenvalue weighted by molar-refractivity contribution is 6.22. The first-order valence-corrected chi connectivity index (χ1v) is 11.7. The third-order valence-corrected chi connectivity index (χ3v) is 6.38. The Morgan fingerprint density at radius 2 is 1.53 bits per heavy atom. The number of esters is 1. The SMILES string of the molecule is COc1cc(NC(=O)COC(=O)c2ccc3c(c2)C(=O)N(C2CCCCC2)C3=O)cc(OC)c1OC. The number of rotatable bonds is 8. The van der Waals surface area contributed by atoms with E-state index in [1.165, 1.54) is 44.4 Å². The zero-order chi connectivity index (χ0) is 25.8. The van der Waals surface area contributed by atoms with Crippen molar-refractivity contribution in [2.75, 3.05) is 33.3 Å². The van der Waals surface area contributed by atoms with Crippen LogP contribution < -0.4 is 19.5 Å². The van der Waals surface area contributed by atoms with Gasteiger partial charge in [0.05, 0.1) is 38.0 Å². The van der Waals surface area contributed by atoms with Crippen LogP contribution in [0.3, 0.4) is 0 Å². The van der Waals surface area contributed by atoms with Crippen LogP contribution in [-0.4, -0.2) is 62.6 Å². The fourth-order valence-corrected chi connectivity index (χ4v) is 4.62. The molecule has 1 fully saturated rings. The quantitative estimate of drug-likeness (QED) is 0.436. The smallest absolute Gasteiger partial charge is 0.338 e. The average molecular weight is 497 g/mol. The fourth-order valence-electron chi connectivity index (χ4n) is 4.62. The average Bonchev–Trinajstić information content (AvgIpc) is 3.15. The van der Waals surface area contributed by atoms with Crippen LogP contribution in [0.15, 0.2) is 30.3 Å². The highest BCUT2D eigenvalue weighted by Gasteiger charge is 2.40. The van der Waals surface area contributed by atoms with Crippen LogP contribution in [0.1, 0.15) is 63.2 Å². The predicted molar refractivity (Wildman–Crippen MR) is 129 cm³/mol. The molecule has 0 aromatic heterocycles. The van der Waals surface area contributed by atoms with Gasteiger partial charge in [-0.05, 0) is 31.0 Å². The summed E-state index contributed by atoms with van der Waals surface area (Å²) < 4.78 is 20.9. The van der Waals surface area contributed by atoms with Crippen molar-refractivity contribution < 1.29 is 38.1 Å². The van der Waals surface area contributed by atoms with Crippen LogP contribution in [-0.2, 0) is 9.53 Å². The van der Waals surface area contributed by atoms with Crippen molar-refractivity contribution in [3.63, 3.8) is 0 Å². The molecule has 0 spiro atoms. The Balaban J connectivity index is 1.40. The molecule has 1 aliphatic heterocycles. The van der Waals surface area contributed by atoms with E-state index in [0.717, 1.165) is 32.1 Å². The summed E-state index contributed by atoms with van der Waals surface area (Å²) in [6, 6.07) is 7.22. The van der Waals surface area contributed by atoms with Crippen molar-refractivity contribution in [2.24, 2.45) is 0 Å². The number of hydrogen-bond acceptors (Lipinski definition) is 8. The van der Waals surface area contributed by atoms with E-state index in [9.17, 15) is 19.2 Å². The van der Waals surface area contributed by atoms with E-state index in [-0.39, 0.29) is 28.6 Å². The summed E-state index contributed by atoms with van der Waals surface area (Å²) in [7, 11) is 4.37. The molecule has 0 unspecified atom stereocenters. The minimum Gasteiger partial charge on any atom is -0.493 e. The van der Waals surface area contributed by atoms with E-state index in [2.05, 4.69) is 5.32 Å². The Morgan fingerprint density at radius 1 is 0.889 bits per heavy atom. The molecule has 2 aromatic rings. The molecule has 1 saturated carbocycles. The lowest BCUT2D eigenvalue weighted by Gasteiger charge is -2.29. The third kappa shape index (κ3) is 4.84. The number of ether oxygens (including phenoxy) is 4. The number of carbonyl (C=O) groups excluding carboxylic acids is 4. The zero-order valence-electron chi connectivity index (χ0n) is 20.4. The number of fused-ring (bicyclic) bond motifs is 1. The molecular weight excluding hydrogens is 468 g/mol. The van der Waals surface area contributed by atoms with Gasteiger partial charge in [-0.25, -0.2) is 4.79 Å². The number of amides is 3. The summed E-state index contributed by atoms with van der Waals surface area (Å²) in [4.78, 5) is 52.1. The maximum atomic E-state index is 13.0. The van der Waals surface area contributed by atoms with E-state index in [1.807, 2.05) is 0 Å². The van der Waals surface area contributed by atoms with Gasteiger partial charge in [0.2, 0.25) is 5.75 Å². The maximum absolute atomic E-state index is 13.0. The molecule has 190 valence electrons. The number of methoxy groups -OCH3 is 3. The van der Waals surface area contributed by atoms with Crippen LogP contribution in [0.2, 0.25) is 0 Å². The lowest BCUT2D eigenvalue weighted by atomic mass is 9.94. The standard InChI is InChI=1S/C26H28N2O8/c1-33-20-12-16(13-21(34-2)23(20)35-3)27-22(29)14-36-26(32)15-9-10-18-19(11-15)25(31)28(24(18)30)17-7-5-4-6-8-17/h9-13,17H,4-8,14H2,1-3H3,(H,27,29). The lowest BCUT2D eigenvalue weighted by Crippen LogP contribution is -2.40. The van der Waals surface area contributed by atoms with Gasteiger partial charge in [-0.2, -0.15) is 0 Å². The molecule has 1 heterocycles. The van der Waals surface area contributed by atoms with Crippen molar-refractivity contribution in [3.05, 3.63) is 47.0 Å². The molecule has 2 aromatic carbocycles. The van der Waals surface area contributed by atoms with Crippen molar-refractivity contribution in [3.8, 4) is 17.2 Å². The van der Waals surface area contributed by atoms with Gasteiger partial charge >= 0.3 is 5.97 Å². The van der Waals surface area contributed by atoms with Crippen molar-refractivity contribution in [1.82, 2.24) is 4.90 Å². The Morgan fingerprint density at radius 3 is 2.14 bits per heavy atom. The number of nitrogens with one attached hydrogen (secondary N) is 1. The van der Waals surface area contributed by atoms with E-state index >= 15 is 0 Å². The van der Waals surface area contributed by atoms with Crippen molar-refractivity contribution in [2.45, 2.75) is 38.1 Å². The number of hydrogen-bond donors (Lipinski definition) is 1. The zero-order valence-corrected chi connectivity index (χ0v) is 20.4. The maximum Gasteiger partial charge on any atom is 0.338 e. The first kappa shape index (κ1) is 25.0. The summed E-state index contributed by atoms with van der Waals surface area (Å²) in [5.74, 6) is -1.02. The van der Waals surface area contributed by atoms with Gasteiger partial charge in [0.15, 0.2) is 18.1 Å². The summed E-state index contributed by atoms with van der Waals surface area (Å²) in [5, 5.41) is 2.61. The van der Waals surface area contributed by atoms with E-state index in [0.29, 0.717) is 22.9 Å². The van der Waals surface area contributed by atoms with Crippen LogP contribution >= 0.6 is 0 Å². The van der Waals surface area contributed by atoms with Crippen molar-refractivity contribution >= 4 is 29.4 Å². The summed E-state index contributed by atoms with van der Waals surface area (Å²) >= 11 is 0. The second kappa shape index (κ2) is 10.7. The minimum absolute atomic E-state index is 0.0842. The highest BCUT2D eigenvalue weighted by Crippen LogP contribution is 2.40. The monoisotopic (exact) mass is 496 g/mol. The number of anilines is 1. The third-order valence-electron chi connectivity index (χ3n) is 6.38. The Labute approximate surface area is 208 Å². The molecule has 0 saturated heterocycles. The van der Waals surface area contributed by atoms with Gasteiger partial charge < -0.3 is 24.3 Å². The normalized spacial score (nSPS) is 15.4. The number of carbonyl (C=O) groups is 4. The molecule has 36 heavy (non-hydrogen) atoms. The summed E-state index contributed by atoms with van der Waals surface area (Å²) in [5.41, 5.74) is 0.903. The first-order chi connectivity index (χ1) is 17.4. The molecule has 2 aliphatic rings. The van der Waals surface area contributed by atoms with E-state index < -0.39 is 24.4 Å². The van der Waals surface area contributed by atoms with Gasteiger partial charge in [0.25, 0.3) is 17.7 Å². The molecule has 4 rings (SSSR count). The number of nitrogens with zero attached hydrogens (tertiary/aromatic N) is 1. The Hall–Kier alpha value is -4.08. The second-order valence-electron chi connectivity index (χ2n) is 8.57. The molecule has 1 N–H and O–H groups in total. The van der Waals surface area contributed by atoms with Gasteiger partial charge in [-0.15, -0.1) is 0 Å². The van der Waals surface area contributed by atoms with Gasteiger partial charge in [0.1, 0.15) is 0 Å². The van der Waals surface area contributed by atoms with Gasteiger partial charge in [-0.3, -0.25) is 19.3 Å². The number of benzene rings is 2. The molecular formula is C26H28N2O8. The molecule has 10 heteroatoms. The Kier molecular flexibility index (Phi) is 7.42. The number of imide groups is 1. The van der Waals surface area contributed by atoms with Crippen LogP contribution in [0.4, 0.5) is 5.69 Å². The topological polar surface area (TPSA) is 120 Å². The molecule has 3 amide bonds. The van der Waals surface area contributed by atoms with Crippen LogP contribution in [0.5, 0.6) is 17.2 Å². The molecule has 0 bridgehead atoms. The predicted octanol–water partition coefficient (Wildman–Crippen LogP) is 3.44. The lowest BCUT2D eigenvalue weighted by molar-refractivity contribution is -0.119. The molecule has 0 atom stereocenters. The van der Waals surface area contributed by atoms with Crippen molar-refractivity contribution in [1.29, 1.82) is 0 Å². The van der Waals surface area contributed by atoms with Crippen LogP contribution in [0.25, 0.3) is 0 Å². The van der Waals surface area contributed by atoms with E-state index in [4.69, 9.17) is 18.9 Å². The van der Waals surface area contributed by atoms with Gasteiger partial charge in [0, 0.05) is 23.9 Å². The second-order valence-corrected chi connectivity index (χ2v) is 8.57. The van der Waals surface area contributed by atoms with Crippen LogP contribution in [0, 0.1) is 0 Å².